The van der Waals surface area contributed by atoms with E-state index < -0.39 is 0 Å². The van der Waals surface area contributed by atoms with Crippen molar-refractivity contribution in [3.05, 3.63) is 24.3 Å². The first-order chi connectivity index (χ1) is 7.78. The molecule has 4 nitrogen and oxygen atoms in total. The SMILES string of the molecule is C[C@@H]1C=CC[C@@H](OC2=[O+][C@H](COS)C=C2)O1. The van der Waals surface area contributed by atoms with E-state index >= 15 is 0 Å². The quantitative estimate of drug-likeness (QED) is 0.269. The highest BCUT2D eigenvalue weighted by atomic mass is 32.1. The van der Waals surface area contributed by atoms with Gasteiger partial charge in [0.25, 0.3) is 0 Å². The molecular weight excluding hydrogens is 228 g/mol. The van der Waals surface area contributed by atoms with Crippen molar-refractivity contribution in [2.45, 2.75) is 31.8 Å². The predicted molar refractivity (Wildman–Crippen MR) is 62.1 cm³/mol. The van der Waals surface area contributed by atoms with Gasteiger partial charge >= 0.3 is 12.3 Å². The molecule has 0 unspecified atom stereocenters. The van der Waals surface area contributed by atoms with Crippen molar-refractivity contribution >= 4 is 18.9 Å². The molecule has 0 saturated carbocycles. The Morgan fingerprint density at radius 1 is 1.56 bits per heavy atom. The first kappa shape index (κ1) is 11.7. The first-order valence-electron chi connectivity index (χ1n) is 5.25. The number of thiol groups is 1. The van der Waals surface area contributed by atoms with Crippen LogP contribution in [-0.4, -0.2) is 31.1 Å². The number of hydrogen-bond acceptors (Lipinski definition) is 4. The Bertz CT molecular complexity index is 324. The van der Waals surface area contributed by atoms with Gasteiger partial charge in [0.15, 0.2) is 0 Å². The maximum absolute atomic E-state index is 5.55. The highest BCUT2D eigenvalue weighted by Gasteiger charge is 2.30. The van der Waals surface area contributed by atoms with E-state index in [2.05, 4.69) is 17.1 Å². The van der Waals surface area contributed by atoms with E-state index in [1.54, 1.807) is 6.08 Å². The Morgan fingerprint density at radius 3 is 3.19 bits per heavy atom. The molecule has 0 saturated heterocycles. The van der Waals surface area contributed by atoms with E-state index in [1.165, 1.54) is 0 Å². The molecular formula is C11H15O4S+. The summed E-state index contributed by atoms with van der Waals surface area (Å²) in [4.78, 5) is 0. The van der Waals surface area contributed by atoms with Crippen molar-refractivity contribution in [1.82, 2.24) is 0 Å². The summed E-state index contributed by atoms with van der Waals surface area (Å²) in [5, 5.41) is 0. The summed E-state index contributed by atoms with van der Waals surface area (Å²) in [5.74, 6) is 0.475. The third-order valence-corrected chi connectivity index (χ3v) is 2.45. The van der Waals surface area contributed by atoms with E-state index in [0.29, 0.717) is 12.6 Å². The summed E-state index contributed by atoms with van der Waals surface area (Å²) >= 11 is 3.67. The van der Waals surface area contributed by atoms with E-state index in [-0.39, 0.29) is 18.5 Å². The third kappa shape index (κ3) is 3.10. The second-order valence-corrected chi connectivity index (χ2v) is 3.94. The smallest absolute Gasteiger partial charge is 0.313 e. The molecule has 5 heteroatoms. The van der Waals surface area contributed by atoms with Gasteiger partial charge in [-0.15, -0.1) is 0 Å². The Kier molecular flexibility index (Phi) is 4.04. The van der Waals surface area contributed by atoms with Gasteiger partial charge in [0.2, 0.25) is 6.10 Å². The Labute approximate surface area is 100 Å². The van der Waals surface area contributed by atoms with Gasteiger partial charge in [0.05, 0.1) is 18.6 Å². The van der Waals surface area contributed by atoms with Gasteiger partial charge < -0.3 is 13.3 Å². The minimum absolute atomic E-state index is 0.0845. The molecule has 0 N–H and O–H groups in total. The fraction of sp³-hybridized carbons (Fsp3) is 0.545. The first-order valence-corrected chi connectivity index (χ1v) is 5.61. The Balaban J connectivity index is 1.85. The van der Waals surface area contributed by atoms with Gasteiger partial charge in [-0.05, 0) is 25.9 Å². The highest BCUT2D eigenvalue weighted by molar-refractivity contribution is 7.75. The zero-order valence-corrected chi connectivity index (χ0v) is 9.93. The minimum atomic E-state index is -0.268. The monoisotopic (exact) mass is 243 g/mol. The number of rotatable bonds is 3. The van der Waals surface area contributed by atoms with Crippen LogP contribution >= 0.6 is 12.9 Å². The van der Waals surface area contributed by atoms with Crippen LogP contribution < -0.4 is 0 Å². The zero-order chi connectivity index (χ0) is 11.4. The topological polar surface area (TPSA) is 39.0 Å². The van der Waals surface area contributed by atoms with Crippen LogP contribution in [0.1, 0.15) is 13.3 Å². The lowest BCUT2D eigenvalue weighted by Crippen LogP contribution is -2.27. The second kappa shape index (κ2) is 5.52. The predicted octanol–water partition coefficient (Wildman–Crippen LogP) is 1.56. The molecule has 3 atom stereocenters. The second-order valence-electron chi connectivity index (χ2n) is 3.68. The van der Waals surface area contributed by atoms with Crippen LogP contribution in [0.5, 0.6) is 0 Å². The lowest BCUT2D eigenvalue weighted by molar-refractivity contribution is -0.497. The van der Waals surface area contributed by atoms with Gasteiger partial charge in [-0.2, -0.15) is 0 Å². The fourth-order valence-electron chi connectivity index (χ4n) is 1.57. The molecule has 0 aromatic carbocycles. The van der Waals surface area contributed by atoms with E-state index in [1.807, 2.05) is 25.2 Å². The normalized spacial score (nSPS) is 32.9. The average molecular weight is 243 g/mol. The molecule has 0 aromatic rings. The lowest BCUT2D eigenvalue weighted by Gasteiger charge is -2.17. The van der Waals surface area contributed by atoms with Gasteiger partial charge in [-0.25, -0.2) is 0 Å². The van der Waals surface area contributed by atoms with E-state index in [9.17, 15) is 0 Å². The molecule has 2 aliphatic heterocycles. The van der Waals surface area contributed by atoms with Gasteiger partial charge in [0, 0.05) is 0 Å². The highest BCUT2D eigenvalue weighted by Crippen LogP contribution is 2.14. The van der Waals surface area contributed by atoms with Crippen LogP contribution in [0.3, 0.4) is 0 Å². The minimum Gasteiger partial charge on any atom is -0.313 e. The molecule has 0 bridgehead atoms. The summed E-state index contributed by atoms with van der Waals surface area (Å²) < 4.78 is 21.2. The lowest BCUT2D eigenvalue weighted by atomic mass is 10.2. The largest absolute Gasteiger partial charge is 0.515 e. The van der Waals surface area contributed by atoms with Gasteiger partial charge in [-0.3, -0.25) is 4.74 Å². The van der Waals surface area contributed by atoms with Crippen LogP contribution in [0.4, 0.5) is 0 Å². The zero-order valence-electron chi connectivity index (χ0n) is 9.04. The molecule has 0 amide bonds. The van der Waals surface area contributed by atoms with Gasteiger partial charge in [-0.1, -0.05) is 12.2 Å². The molecule has 16 heavy (non-hydrogen) atoms. The van der Waals surface area contributed by atoms with Crippen molar-refractivity contribution in [2.24, 2.45) is 0 Å². The summed E-state index contributed by atoms with van der Waals surface area (Å²) in [6, 6.07) is 0. The number of hydrogen-bond donors (Lipinski definition) is 1. The van der Waals surface area contributed by atoms with Crippen LogP contribution in [0.25, 0.3) is 0 Å². The van der Waals surface area contributed by atoms with Crippen molar-refractivity contribution in [3.63, 3.8) is 0 Å². The maximum atomic E-state index is 5.55. The van der Waals surface area contributed by atoms with Crippen molar-refractivity contribution in [3.8, 4) is 0 Å². The molecule has 0 radical (unpaired) electrons. The fourth-order valence-corrected chi connectivity index (χ4v) is 1.72. The van der Waals surface area contributed by atoms with Crippen molar-refractivity contribution < 1.29 is 18.1 Å². The molecule has 0 aliphatic carbocycles. The number of carbonyl (C=O) groups excluding carboxylic acids is 1. The van der Waals surface area contributed by atoms with Crippen molar-refractivity contribution in [1.29, 1.82) is 0 Å². The summed E-state index contributed by atoms with van der Waals surface area (Å²) in [7, 11) is 0. The summed E-state index contributed by atoms with van der Waals surface area (Å²) in [5.41, 5.74) is 0. The molecule has 2 heterocycles. The molecule has 0 spiro atoms. The van der Waals surface area contributed by atoms with Crippen LogP contribution in [0, 0.1) is 0 Å². The van der Waals surface area contributed by atoms with Crippen LogP contribution in [0.15, 0.2) is 24.3 Å². The van der Waals surface area contributed by atoms with E-state index in [4.69, 9.17) is 13.9 Å². The summed E-state index contributed by atoms with van der Waals surface area (Å²) in [6.07, 6.45) is 8.14. The average Bonchev–Trinajstić information content (AvgIpc) is 2.66. The van der Waals surface area contributed by atoms with Gasteiger partial charge in [0.1, 0.15) is 6.61 Å². The maximum Gasteiger partial charge on any atom is 0.515 e. The number of ether oxygens (including phenoxy) is 2. The molecule has 88 valence electrons. The van der Waals surface area contributed by atoms with Crippen molar-refractivity contribution in [2.75, 3.05) is 6.61 Å². The molecule has 2 aliphatic rings. The molecule has 0 aromatic heterocycles. The Hall–Kier alpha value is -0.780. The Morgan fingerprint density at radius 2 is 2.44 bits per heavy atom. The standard InChI is InChI=1S/C11H14O4S/c1-8-3-2-4-10(13-8)15-11-6-5-9(14-11)7-12-16/h2-3,5-6,8-10H,4,7H2,1H3/p+1/t8-,9+,10-/m1/s1. The van der Waals surface area contributed by atoms with E-state index in [0.717, 1.165) is 6.42 Å². The molecule has 0 fully saturated rings. The number of esters is 1. The van der Waals surface area contributed by atoms with Crippen LogP contribution in [0.2, 0.25) is 0 Å². The van der Waals surface area contributed by atoms with Crippen LogP contribution in [-0.2, 0) is 18.1 Å². The summed E-state index contributed by atoms with van der Waals surface area (Å²) in [6.45, 7) is 2.37. The molecule has 2 rings (SSSR count). The third-order valence-electron chi connectivity index (χ3n) is 2.30.